The Morgan fingerprint density at radius 2 is 1.89 bits per heavy atom. The molecule has 2 aromatic rings. The Bertz CT molecular complexity index is 906. The molecule has 1 aliphatic rings. The molecule has 0 spiro atoms. The summed E-state index contributed by atoms with van der Waals surface area (Å²) in [4.78, 5) is 25.6. The van der Waals surface area contributed by atoms with E-state index in [0.717, 1.165) is 0 Å². The summed E-state index contributed by atoms with van der Waals surface area (Å²) < 4.78 is 5.12. The Balaban J connectivity index is 2.16. The first-order valence-electron chi connectivity index (χ1n) is 9.04. The van der Waals surface area contributed by atoms with E-state index in [-0.39, 0.29) is 13.0 Å². The molecule has 6 heteroatoms. The molecule has 0 radical (unpaired) electrons. The molecule has 1 saturated carbocycles. The third kappa shape index (κ3) is 3.54. The number of nitriles is 1. The SMILES string of the molecule is CCOC(=O)[C@@H]1C(=O)C[C@@](O)(c2ccccc2)[C@@H](C#N)[C@H]1c1ccc(Cl)cc1. The molecular weight excluding hydrogens is 378 g/mol. The molecule has 3 rings (SSSR count). The Labute approximate surface area is 168 Å². The summed E-state index contributed by atoms with van der Waals surface area (Å²) in [5, 5.41) is 21.9. The molecule has 0 amide bonds. The smallest absolute Gasteiger partial charge is 0.317 e. The lowest BCUT2D eigenvalue weighted by atomic mass is 9.60. The van der Waals surface area contributed by atoms with Crippen molar-refractivity contribution < 1.29 is 19.4 Å². The number of carbonyl (C=O) groups excluding carboxylic acids is 2. The van der Waals surface area contributed by atoms with E-state index in [9.17, 15) is 20.0 Å². The number of rotatable bonds is 4. The fourth-order valence-corrected chi connectivity index (χ4v) is 4.08. The number of carbonyl (C=O) groups is 2. The average Bonchev–Trinajstić information content (AvgIpc) is 2.69. The van der Waals surface area contributed by atoms with Gasteiger partial charge in [-0.3, -0.25) is 9.59 Å². The third-order valence-corrected chi connectivity index (χ3v) is 5.48. The Morgan fingerprint density at radius 3 is 2.46 bits per heavy atom. The molecule has 1 fully saturated rings. The van der Waals surface area contributed by atoms with E-state index in [0.29, 0.717) is 16.1 Å². The molecule has 2 aromatic carbocycles. The van der Waals surface area contributed by atoms with Crippen LogP contribution in [-0.4, -0.2) is 23.5 Å². The number of benzene rings is 2. The van der Waals surface area contributed by atoms with Crippen LogP contribution in [0.4, 0.5) is 0 Å². The van der Waals surface area contributed by atoms with Gasteiger partial charge in [0.25, 0.3) is 0 Å². The van der Waals surface area contributed by atoms with Crippen molar-refractivity contribution in [3.63, 3.8) is 0 Å². The number of hydrogen-bond acceptors (Lipinski definition) is 5. The highest BCUT2D eigenvalue weighted by molar-refractivity contribution is 6.30. The monoisotopic (exact) mass is 397 g/mol. The van der Waals surface area contributed by atoms with E-state index in [4.69, 9.17) is 16.3 Å². The third-order valence-electron chi connectivity index (χ3n) is 5.23. The van der Waals surface area contributed by atoms with Gasteiger partial charge in [-0.15, -0.1) is 0 Å². The molecule has 28 heavy (non-hydrogen) atoms. The van der Waals surface area contributed by atoms with Crippen molar-refractivity contribution in [1.29, 1.82) is 5.26 Å². The van der Waals surface area contributed by atoms with Crippen molar-refractivity contribution in [2.24, 2.45) is 11.8 Å². The Hall–Kier alpha value is -2.68. The van der Waals surface area contributed by atoms with Gasteiger partial charge in [0.2, 0.25) is 0 Å². The van der Waals surface area contributed by atoms with Crippen LogP contribution < -0.4 is 0 Å². The number of hydrogen-bond donors (Lipinski definition) is 1. The van der Waals surface area contributed by atoms with Crippen LogP contribution in [0.5, 0.6) is 0 Å². The van der Waals surface area contributed by atoms with Gasteiger partial charge in [-0.1, -0.05) is 54.1 Å². The van der Waals surface area contributed by atoms with Crippen LogP contribution in [0.15, 0.2) is 54.6 Å². The van der Waals surface area contributed by atoms with Gasteiger partial charge >= 0.3 is 5.97 Å². The second kappa shape index (κ2) is 8.14. The minimum absolute atomic E-state index is 0.121. The largest absolute Gasteiger partial charge is 0.465 e. The van der Waals surface area contributed by atoms with E-state index in [2.05, 4.69) is 6.07 Å². The zero-order valence-electron chi connectivity index (χ0n) is 15.3. The highest BCUT2D eigenvalue weighted by Crippen LogP contribution is 2.50. The number of ketones is 1. The molecule has 0 saturated heterocycles. The predicted molar refractivity (Wildman–Crippen MR) is 103 cm³/mol. The number of nitrogens with zero attached hydrogens (tertiary/aromatic N) is 1. The Morgan fingerprint density at radius 1 is 1.25 bits per heavy atom. The fourth-order valence-electron chi connectivity index (χ4n) is 3.95. The van der Waals surface area contributed by atoms with Gasteiger partial charge in [-0.05, 0) is 30.2 Å². The summed E-state index contributed by atoms with van der Waals surface area (Å²) in [6.07, 6.45) is -0.331. The lowest BCUT2D eigenvalue weighted by molar-refractivity contribution is -0.161. The van der Waals surface area contributed by atoms with Gasteiger partial charge in [0.15, 0.2) is 5.78 Å². The number of aliphatic hydroxyl groups is 1. The number of halogens is 1. The molecule has 1 aliphatic carbocycles. The highest BCUT2D eigenvalue weighted by atomic mass is 35.5. The van der Waals surface area contributed by atoms with E-state index in [1.165, 1.54) is 0 Å². The standard InChI is InChI=1S/C22H20ClNO4/c1-2-28-21(26)20-18(25)12-22(27,15-6-4-3-5-7-15)17(13-24)19(20)14-8-10-16(23)11-9-14/h3-11,17,19-20,27H,2,12H2,1H3/t17-,19+,20+,22+/m0/s1. The minimum Gasteiger partial charge on any atom is -0.465 e. The lowest BCUT2D eigenvalue weighted by Gasteiger charge is -2.44. The normalized spacial score (nSPS) is 27.1. The highest BCUT2D eigenvalue weighted by Gasteiger charge is 2.56. The Kier molecular flexibility index (Phi) is 5.83. The first-order chi connectivity index (χ1) is 13.4. The van der Waals surface area contributed by atoms with E-state index in [1.54, 1.807) is 61.5 Å². The van der Waals surface area contributed by atoms with Crippen LogP contribution in [0.3, 0.4) is 0 Å². The molecule has 0 bridgehead atoms. The summed E-state index contributed by atoms with van der Waals surface area (Å²) in [5.74, 6) is -4.16. The minimum atomic E-state index is -1.71. The number of esters is 1. The van der Waals surface area contributed by atoms with E-state index >= 15 is 0 Å². The van der Waals surface area contributed by atoms with Crippen LogP contribution in [0.2, 0.25) is 5.02 Å². The number of ether oxygens (including phenoxy) is 1. The summed E-state index contributed by atoms with van der Waals surface area (Å²) in [6, 6.07) is 17.4. The molecule has 5 nitrogen and oxygen atoms in total. The van der Waals surface area contributed by atoms with Crippen LogP contribution in [0, 0.1) is 23.2 Å². The van der Waals surface area contributed by atoms with E-state index in [1.807, 2.05) is 0 Å². The molecule has 0 aliphatic heterocycles. The summed E-state index contributed by atoms with van der Waals surface area (Å²) in [6.45, 7) is 1.78. The number of Topliss-reactive ketones (excluding diaryl/α,β-unsaturated/α-hetero) is 1. The molecular formula is C22H20ClNO4. The predicted octanol–water partition coefficient (Wildman–Crippen LogP) is 3.60. The summed E-state index contributed by atoms with van der Waals surface area (Å²) in [7, 11) is 0. The van der Waals surface area contributed by atoms with Crippen LogP contribution >= 0.6 is 11.6 Å². The maximum atomic E-state index is 13.0. The summed E-state index contributed by atoms with van der Waals surface area (Å²) >= 11 is 5.98. The van der Waals surface area contributed by atoms with Crippen molar-refractivity contribution >= 4 is 23.4 Å². The van der Waals surface area contributed by atoms with Crippen molar-refractivity contribution in [2.75, 3.05) is 6.61 Å². The van der Waals surface area contributed by atoms with E-state index < -0.39 is 35.1 Å². The zero-order chi connectivity index (χ0) is 20.3. The van der Waals surface area contributed by atoms with Crippen molar-refractivity contribution in [2.45, 2.75) is 24.9 Å². The van der Waals surface area contributed by atoms with Crippen LogP contribution in [0.25, 0.3) is 0 Å². The van der Waals surface area contributed by atoms with Crippen molar-refractivity contribution in [3.05, 3.63) is 70.7 Å². The van der Waals surface area contributed by atoms with Crippen LogP contribution in [0.1, 0.15) is 30.4 Å². The van der Waals surface area contributed by atoms with Crippen molar-refractivity contribution in [1.82, 2.24) is 0 Å². The molecule has 0 heterocycles. The average molecular weight is 398 g/mol. The quantitative estimate of drug-likeness (QED) is 0.629. The van der Waals surface area contributed by atoms with Gasteiger partial charge in [-0.2, -0.15) is 5.26 Å². The van der Waals surface area contributed by atoms with Gasteiger partial charge in [0.1, 0.15) is 11.5 Å². The maximum absolute atomic E-state index is 13.0. The zero-order valence-corrected chi connectivity index (χ0v) is 16.1. The molecule has 1 N–H and O–H groups in total. The van der Waals surface area contributed by atoms with Gasteiger partial charge in [-0.25, -0.2) is 0 Å². The maximum Gasteiger partial charge on any atom is 0.317 e. The topological polar surface area (TPSA) is 87.4 Å². The van der Waals surface area contributed by atoms with Gasteiger partial charge in [0, 0.05) is 17.4 Å². The van der Waals surface area contributed by atoms with Crippen LogP contribution in [-0.2, 0) is 19.9 Å². The molecule has 4 atom stereocenters. The second-order valence-electron chi connectivity index (χ2n) is 6.85. The first-order valence-corrected chi connectivity index (χ1v) is 9.42. The fraction of sp³-hybridized carbons (Fsp3) is 0.318. The second-order valence-corrected chi connectivity index (χ2v) is 7.28. The van der Waals surface area contributed by atoms with Gasteiger partial charge < -0.3 is 9.84 Å². The first kappa shape index (κ1) is 20.1. The molecule has 0 unspecified atom stereocenters. The van der Waals surface area contributed by atoms with Crippen molar-refractivity contribution in [3.8, 4) is 6.07 Å². The summed E-state index contributed by atoms with van der Waals surface area (Å²) in [5.41, 5.74) is -0.659. The lowest BCUT2D eigenvalue weighted by Crippen LogP contribution is -2.51. The van der Waals surface area contributed by atoms with Gasteiger partial charge in [0.05, 0.1) is 18.6 Å². The molecule has 0 aromatic heterocycles. The molecule has 144 valence electrons.